The summed E-state index contributed by atoms with van der Waals surface area (Å²) in [5.74, 6) is 1.59. The first-order valence-corrected chi connectivity index (χ1v) is 4.26. The number of aryl methyl sites for hydroxylation is 1. The Morgan fingerprint density at radius 3 is 2.93 bits per heavy atom. The Morgan fingerprint density at radius 1 is 1.57 bits per heavy atom. The summed E-state index contributed by atoms with van der Waals surface area (Å²) in [4.78, 5) is 6.94. The van der Waals surface area contributed by atoms with Crippen molar-refractivity contribution < 1.29 is 4.42 Å². The zero-order valence-corrected chi connectivity index (χ0v) is 7.69. The minimum Gasteiger partial charge on any atom is -0.464 e. The highest BCUT2D eigenvalue weighted by Gasteiger charge is 2.18. The number of rotatable bonds is 2. The molecule has 1 N–H and O–H groups in total. The van der Waals surface area contributed by atoms with Crippen LogP contribution in [0.15, 0.2) is 28.9 Å². The number of hydrogen-bond acceptors (Lipinski definition) is 3. The number of nitrogens with zero attached hydrogens (tertiary/aromatic N) is 2. The maximum absolute atomic E-state index is 8.99. The molecule has 0 radical (unpaired) electrons. The highest BCUT2D eigenvalue weighted by atomic mass is 16.3. The molecular formula is C10H9N3O. The van der Waals surface area contributed by atoms with Crippen LogP contribution in [0.25, 0.3) is 0 Å². The second-order valence-corrected chi connectivity index (χ2v) is 2.98. The molecule has 2 aromatic heterocycles. The Kier molecular flexibility index (Phi) is 2.07. The number of H-pyrrole nitrogens is 1. The van der Waals surface area contributed by atoms with Gasteiger partial charge in [0.25, 0.3) is 0 Å². The van der Waals surface area contributed by atoms with Crippen LogP contribution in [0.1, 0.15) is 23.3 Å². The maximum atomic E-state index is 8.99. The van der Waals surface area contributed by atoms with Crippen molar-refractivity contribution in [3.8, 4) is 6.07 Å². The van der Waals surface area contributed by atoms with Crippen molar-refractivity contribution in [1.29, 1.82) is 5.26 Å². The lowest BCUT2D eigenvalue weighted by Gasteiger charge is -2.00. The summed E-state index contributed by atoms with van der Waals surface area (Å²) in [5.41, 5.74) is 0. The van der Waals surface area contributed by atoms with Crippen molar-refractivity contribution in [3.05, 3.63) is 41.9 Å². The zero-order chi connectivity index (χ0) is 9.97. The SMILES string of the molecule is Cc1ccc(C(C#N)c2ncc[nH]2)o1. The van der Waals surface area contributed by atoms with Gasteiger partial charge in [-0.3, -0.25) is 0 Å². The second kappa shape index (κ2) is 3.38. The third-order valence-electron chi connectivity index (χ3n) is 1.97. The van der Waals surface area contributed by atoms with Crippen LogP contribution >= 0.6 is 0 Å². The fourth-order valence-electron chi connectivity index (χ4n) is 1.30. The van der Waals surface area contributed by atoms with Crippen molar-refractivity contribution >= 4 is 0 Å². The maximum Gasteiger partial charge on any atom is 0.162 e. The molecule has 2 rings (SSSR count). The number of hydrogen-bond donors (Lipinski definition) is 1. The van der Waals surface area contributed by atoms with E-state index in [4.69, 9.17) is 9.68 Å². The zero-order valence-electron chi connectivity index (χ0n) is 7.69. The summed E-state index contributed by atoms with van der Waals surface area (Å²) in [6, 6.07) is 5.78. The van der Waals surface area contributed by atoms with Gasteiger partial charge in [-0.15, -0.1) is 0 Å². The molecule has 4 heteroatoms. The van der Waals surface area contributed by atoms with Crippen LogP contribution in [-0.4, -0.2) is 9.97 Å². The average Bonchev–Trinajstić information content (AvgIpc) is 2.79. The number of furan rings is 1. The van der Waals surface area contributed by atoms with Gasteiger partial charge in [0.2, 0.25) is 0 Å². The predicted molar refractivity (Wildman–Crippen MR) is 49.5 cm³/mol. The Hall–Kier alpha value is -2.02. The Bertz CT molecular complexity index is 450. The lowest BCUT2D eigenvalue weighted by atomic mass is 10.1. The molecule has 0 fully saturated rings. The van der Waals surface area contributed by atoms with E-state index in [1.165, 1.54) is 0 Å². The quantitative estimate of drug-likeness (QED) is 0.781. The van der Waals surface area contributed by atoms with Gasteiger partial charge < -0.3 is 9.40 Å². The van der Waals surface area contributed by atoms with Gasteiger partial charge in [-0.25, -0.2) is 4.98 Å². The molecule has 0 aliphatic carbocycles. The van der Waals surface area contributed by atoms with Gasteiger partial charge in [-0.2, -0.15) is 5.26 Å². The van der Waals surface area contributed by atoms with E-state index < -0.39 is 5.92 Å². The predicted octanol–water partition coefficient (Wildman–Crippen LogP) is 1.97. The van der Waals surface area contributed by atoms with Gasteiger partial charge in [-0.05, 0) is 19.1 Å². The van der Waals surface area contributed by atoms with E-state index in [-0.39, 0.29) is 0 Å². The van der Waals surface area contributed by atoms with E-state index in [1.807, 2.05) is 13.0 Å². The fraction of sp³-hybridized carbons (Fsp3) is 0.200. The summed E-state index contributed by atoms with van der Waals surface area (Å²) in [6.07, 6.45) is 3.31. The monoisotopic (exact) mass is 187 g/mol. The first-order chi connectivity index (χ1) is 6.81. The van der Waals surface area contributed by atoms with Crippen molar-refractivity contribution in [2.45, 2.75) is 12.8 Å². The van der Waals surface area contributed by atoms with Crippen LogP contribution in [0.3, 0.4) is 0 Å². The second-order valence-electron chi connectivity index (χ2n) is 2.98. The average molecular weight is 187 g/mol. The summed E-state index contributed by atoms with van der Waals surface area (Å²) in [6.45, 7) is 1.85. The van der Waals surface area contributed by atoms with Crippen molar-refractivity contribution in [2.75, 3.05) is 0 Å². The van der Waals surface area contributed by atoms with E-state index in [0.29, 0.717) is 11.6 Å². The highest BCUT2D eigenvalue weighted by molar-refractivity contribution is 5.25. The molecule has 2 aromatic rings. The third-order valence-corrected chi connectivity index (χ3v) is 1.97. The number of nitriles is 1. The number of imidazole rings is 1. The number of aromatic nitrogens is 2. The summed E-state index contributed by atoms with van der Waals surface area (Å²) >= 11 is 0. The van der Waals surface area contributed by atoms with Gasteiger partial charge in [0.1, 0.15) is 17.3 Å². The molecule has 14 heavy (non-hydrogen) atoms. The minimum absolute atomic E-state index is 0.446. The van der Waals surface area contributed by atoms with Crippen molar-refractivity contribution in [2.24, 2.45) is 0 Å². The van der Waals surface area contributed by atoms with Gasteiger partial charge in [0, 0.05) is 12.4 Å². The molecule has 0 aromatic carbocycles. The van der Waals surface area contributed by atoms with E-state index in [2.05, 4.69) is 16.0 Å². The standard InChI is InChI=1S/C10H9N3O/c1-7-2-3-9(14-7)8(6-11)10-12-4-5-13-10/h2-5,8H,1H3,(H,12,13). The topological polar surface area (TPSA) is 65.6 Å². The van der Waals surface area contributed by atoms with E-state index in [1.54, 1.807) is 18.5 Å². The van der Waals surface area contributed by atoms with Gasteiger partial charge in [0.05, 0.1) is 6.07 Å². The largest absolute Gasteiger partial charge is 0.464 e. The number of aromatic amines is 1. The first kappa shape index (κ1) is 8.57. The van der Waals surface area contributed by atoms with Gasteiger partial charge >= 0.3 is 0 Å². The Balaban J connectivity index is 2.37. The van der Waals surface area contributed by atoms with Crippen LogP contribution in [-0.2, 0) is 0 Å². The van der Waals surface area contributed by atoms with Gasteiger partial charge in [0.15, 0.2) is 5.92 Å². The molecule has 1 atom stereocenters. The molecule has 70 valence electrons. The molecule has 2 heterocycles. The smallest absolute Gasteiger partial charge is 0.162 e. The highest BCUT2D eigenvalue weighted by Crippen LogP contribution is 2.22. The molecule has 0 amide bonds. The van der Waals surface area contributed by atoms with Crippen LogP contribution in [0.2, 0.25) is 0 Å². The van der Waals surface area contributed by atoms with E-state index in [9.17, 15) is 0 Å². The normalized spacial score (nSPS) is 12.3. The molecule has 0 saturated heterocycles. The molecule has 1 unspecified atom stereocenters. The van der Waals surface area contributed by atoms with Crippen LogP contribution in [0.4, 0.5) is 0 Å². The van der Waals surface area contributed by atoms with Crippen LogP contribution in [0, 0.1) is 18.3 Å². The summed E-state index contributed by atoms with van der Waals surface area (Å²) in [7, 11) is 0. The molecule has 0 aliphatic heterocycles. The third kappa shape index (κ3) is 1.40. The van der Waals surface area contributed by atoms with E-state index >= 15 is 0 Å². The summed E-state index contributed by atoms with van der Waals surface area (Å²) in [5, 5.41) is 8.99. The minimum atomic E-state index is -0.446. The molecule has 0 aliphatic rings. The molecule has 0 bridgehead atoms. The van der Waals surface area contributed by atoms with Crippen molar-refractivity contribution in [1.82, 2.24) is 9.97 Å². The molecule has 0 spiro atoms. The fourth-order valence-corrected chi connectivity index (χ4v) is 1.30. The molecular weight excluding hydrogens is 178 g/mol. The lowest BCUT2D eigenvalue weighted by Crippen LogP contribution is -1.98. The van der Waals surface area contributed by atoms with Crippen LogP contribution in [0.5, 0.6) is 0 Å². The lowest BCUT2D eigenvalue weighted by molar-refractivity contribution is 0.479. The number of nitrogens with one attached hydrogen (secondary N) is 1. The van der Waals surface area contributed by atoms with Crippen molar-refractivity contribution in [3.63, 3.8) is 0 Å². The van der Waals surface area contributed by atoms with E-state index in [0.717, 1.165) is 5.76 Å². The van der Waals surface area contributed by atoms with Crippen LogP contribution < -0.4 is 0 Å². The summed E-state index contributed by atoms with van der Waals surface area (Å²) < 4.78 is 5.38. The molecule has 0 saturated carbocycles. The Labute approximate surface area is 81.2 Å². The molecule has 4 nitrogen and oxygen atoms in total. The first-order valence-electron chi connectivity index (χ1n) is 4.26. The Morgan fingerprint density at radius 2 is 2.43 bits per heavy atom. The van der Waals surface area contributed by atoms with Gasteiger partial charge in [-0.1, -0.05) is 0 Å².